The zero-order chi connectivity index (χ0) is 13.9. The monoisotopic (exact) mass is 290 g/mol. The molecule has 1 saturated heterocycles. The third-order valence-corrected chi connectivity index (χ3v) is 3.54. The Balaban J connectivity index is 1.63. The van der Waals surface area contributed by atoms with E-state index in [1.165, 1.54) is 0 Å². The summed E-state index contributed by atoms with van der Waals surface area (Å²) < 4.78 is 11.2. The lowest BCUT2D eigenvalue weighted by Gasteiger charge is -2.40. The molecule has 5 heteroatoms. The predicted molar refractivity (Wildman–Crippen MR) is 78.9 cm³/mol. The maximum absolute atomic E-state index is 6.12. The Morgan fingerprint density at radius 1 is 1.15 bits per heavy atom. The number of para-hydroxylation sites is 2. The summed E-state index contributed by atoms with van der Waals surface area (Å²) in [6.45, 7) is 1.55. The first-order chi connectivity index (χ1) is 9.78. The van der Waals surface area contributed by atoms with Gasteiger partial charge in [0, 0.05) is 6.20 Å². The van der Waals surface area contributed by atoms with Crippen molar-refractivity contribution < 1.29 is 9.47 Å². The van der Waals surface area contributed by atoms with E-state index in [-0.39, 0.29) is 6.10 Å². The number of anilines is 1. The van der Waals surface area contributed by atoms with Crippen LogP contribution in [-0.2, 0) is 0 Å². The molecule has 0 atom stereocenters. The Hall–Kier alpha value is -1.94. The zero-order valence-electron chi connectivity index (χ0n) is 11.1. The second kappa shape index (κ2) is 5.59. The molecule has 0 bridgehead atoms. The van der Waals surface area contributed by atoms with Gasteiger partial charge in [0.25, 0.3) is 0 Å². The first kappa shape index (κ1) is 13.1. The predicted octanol–water partition coefficient (Wildman–Crippen LogP) is 3.01. The molecular weight excluding hydrogens is 276 g/mol. The van der Waals surface area contributed by atoms with E-state index in [9.17, 15) is 0 Å². The Kier molecular flexibility index (Phi) is 3.65. The fourth-order valence-electron chi connectivity index (χ4n) is 2.19. The molecule has 0 saturated carbocycles. The normalized spacial score (nSPS) is 14.8. The van der Waals surface area contributed by atoms with Gasteiger partial charge in [0.2, 0.25) is 0 Å². The summed E-state index contributed by atoms with van der Waals surface area (Å²) in [6, 6.07) is 11.3. The van der Waals surface area contributed by atoms with E-state index in [1.54, 1.807) is 13.3 Å². The Labute approximate surface area is 122 Å². The first-order valence-electron chi connectivity index (χ1n) is 6.43. The summed E-state index contributed by atoms with van der Waals surface area (Å²) in [6.07, 6.45) is 1.87. The molecule has 1 fully saturated rings. The molecule has 1 aromatic heterocycles. The summed E-state index contributed by atoms with van der Waals surface area (Å²) >= 11 is 6.12. The van der Waals surface area contributed by atoms with Gasteiger partial charge >= 0.3 is 0 Å². The number of benzene rings is 1. The molecule has 0 unspecified atom stereocenters. The molecule has 4 nitrogen and oxygen atoms in total. The van der Waals surface area contributed by atoms with Crippen molar-refractivity contribution >= 4 is 17.4 Å². The first-order valence-corrected chi connectivity index (χ1v) is 6.81. The van der Waals surface area contributed by atoms with Crippen molar-refractivity contribution in [2.75, 3.05) is 25.1 Å². The van der Waals surface area contributed by atoms with Crippen molar-refractivity contribution in [1.29, 1.82) is 0 Å². The maximum atomic E-state index is 6.12. The lowest BCUT2D eigenvalue weighted by Crippen LogP contribution is -2.54. The van der Waals surface area contributed by atoms with Crippen LogP contribution in [0.1, 0.15) is 0 Å². The van der Waals surface area contributed by atoms with Gasteiger partial charge in [0.15, 0.2) is 11.5 Å². The number of halogens is 1. The van der Waals surface area contributed by atoms with Crippen molar-refractivity contribution in [2.45, 2.75) is 6.10 Å². The Bertz CT molecular complexity index is 600. The van der Waals surface area contributed by atoms with Crippen LogP contribution in [-0.4, -0.2) is 31.3 Å². The Morgan fingerprint density at radius 2 is 1.90 bits per heavy atom. The Morgan fingerprint density at radius 3 is 2.60 bits per heavy atom. The van der Waals surface area contributed by atoms with Crippen LogP contribution in [0.5, 0.6) is 11.5 Å². The van der Waals surface area contributed by atoms with Crippen LogP contribution in [0, 0.1) is 0 Å². The van der Waals surface area contributed by atoms with Crippen molar-refractivity contribution in [3.8, 4) is 11.5 Å². The standard InChI is InChI=1S/C15H15ClN2O2/c1-19-13-6-2-3-7-14(13)20-11-9-18(10-11)15-12(16)5-4-8-17-15/h2-8,11H,9-10H2,1H3. The van der Waals surface area contributed by atoms with Crippen LogP contribution < -0.4 is 14.4 Å². The average molecular weight is 291 g/mol. The highest BCUT2D eigenvalue weighted by Gasteiger charge is 2.31. The van der Waals surface area contributed by atoms with Crippen molar-refractivity contribution in [3.05, 3.63) is 47.6 Å². The SMILES string of the molecule is COc1ccccc1OC1CN(c2ncccc2Cl)C1. The number of methoxy groups -OCH3 is 1. The molecule has 20 heavy (non-hydrogen) atoms. The second-order valence-electron chi connectivity index (χ2n) is 4.60. The van der Waals surface area contributed by atoms with Gasteiger partial charge in [-0.1, -0.05) is 23.7 Å². The summed E-state index contributed by atoms with van der Waals surface area (Å²) in [5, 5.41) is 0.670. The lowest BCUT2D eigenvalue weighted by molar-refractivity contribution is 0.160. The van der Waals surface area contributed by atoms with Gasteiger partial charge in [0.05, 0.1) is 25.2 Å². The molecule has 0 aliphatic carbocycles. The molecule has 1 aromatic carbocycles. The van der Waals surface area contributed by atoms with Gasteiger partial charge < -0.3 is 14.4 Å². The molecule has 0 spiro atoms. The number of pyridine rings is 1. The largest absolute Gasteiger partial charge is 0.493 e. The van der Waals surface area contributed by atoms with Crippen molar-refractivity contribution in [1.82, 2.24) is 4.98 Å². The van der Waals surface area contributed by atoms with Crippen LogP contribution in [0.3, 0.4) is 0 Å². The van der Waals surface area contributed by atoms with Gasteiger partial charge in [-0.2, -0.15) is 0 Å². The quantitative estimate of drug-likeness (QED) is 0.867. The zero-order valence-corrected chi connectivity index (χ0v) is 11.9. The van der Waals surface area contributed by atoms with E-state index in [0.29, 0.717) is 5.02 Å². The van der Waals surface area contributed by atoms with Crippen LogP contribution in [0.15, 0.2) is 42.6 Å². The molecule has 1 aliphatic rings. The lowest BCUT2D eigenvalue weighted by atomic mass is 10.1. The van der Waals surface area contributed by atoms with Gasteiger partial charge in [-0.25, -0.2) is 4.98 Å². The molecular formula is C15H15ClN2O2. The summed E-state index contributed by atoms with van der Waals surface area (Å²) in [4.78, 5) is 6.39. The van der Waals surface area contributed by atoms with Crippen molar-refractivity contribution in [3.63, 3.8) is 0 Å². The minimum atomic E-state index is 0.129. The number of nitrogens with zero attached hydrogens (tertiary/aromatic N) is 2. The molecule has 3 rings (SSSR count). The minimum Gasteiger partial charge on any atom is -0.493 e. The van der Waals surface area contributed by atoms with Gasteiger partial charge in [-0.15, -0.1) is 0 Å². The van der Waals surface area contributed by atoms with Crippen LogP contribution in [0.4, 0.5) is 5.82 Å². The molecule has 0 radical (unpaired) electrons. The number of aromatic nitrogens is 1. The van der Waals surface area contributed by atoms with E-state index in [2.05, 4.69) is 9.88 Å². The topological polar surface area (TPSA) is 34.6 Å². The molecule has 2 heterocycles. The highest BCUT2D eigenvalue weighted by Crippen LogP contribution is 2.31. The van der Waals surface area contributed by atoms with E-state index < -0.39 is 0 Å². The minimum absolute atomic E-state index is 0.129. The van der Waals surface area contributed by atoms with Crippen LogP contribution >= 0.6 is 11.6 Å². The summed E-state index contributed by atoms with van der Waals surface area (Å²) in [7, 11) is 1.64. The highest BCUT2D eigenvalue weighted by molar-refractivity contribution is 6.32. The van der Waals surface area contributed by atoms with Crippen LogP contribution in [0.25, 0.3) is 0 Å². The maximum Gasteiger partial charge on any atom is 0.161 e. The highest BCUT2D eigenvalue weighted by atomic mass is 35.5. The van der Waals surface area contributed by atoms with Gasteiger partial charge in [-0.3, -0.25) is 0 Å². The molecule has 0 N–H and O–H groups in total. The van der Waals surface area contributed by atoms with E-state index in [4.69, 9.17) is 21.1 Å². The number of ether oxygens (including phenoxy) is 2. The third kappa shape index (κ3) is 2.51. The molecule has 104 valence electrons. The van der Waals surface area contributed by atoms with Gasteiger partial charge in [0.1, 0.15) is 11.9 Å². The van der Waals surface area contributed by atoms with E-state index in [1.807, 2.05) is 36.4 Å². The van der Waals surface area contributed by atoms with Crippen LogP contribution in [0.2, 0.25) is 5.02 Å². The number of rotatable bonds is 4. The molecule has 0 amide bonds. The average Bonchev–Trinajstić information content (AvgIpc) is 2.44. The smallest absolute Gasteiger partial charge is 0.161 e. The third-order valence-electron chi connectivity index (χ3n) is 3.25. The second-order valence-corrected chi connectivity index (χ2v) is 5.01. The molecule has 2 aromatic rings. The van der Waals surface area contributed by atoms with Crippen molar-refractivity contribution in [2.24, 2.45) is 0 Å². The fourth-order valence-corrected chi connectivity index (χ4v) is 2.43. The molecule has 1 aliphatic heterocycles. The summed E-state index contributed by atoms with van der Waals surface area (Å²) in [5.74, 6) is 2.34. The number of hydrogen-bond donors (Lipinski definition) is 0. The fraction of sp³-hybridized carbons (Fsp3) is 0.267. The summed E-state index contributed by atoms with van der Waals surface area (Å²) in [5.41, 5.74) is 0. The van der Waals surface area contributed by atoms with E-state index in [0.717, 1.165) is 30.4 Å². The van der Waals surface area contributed by atoms with E-state index >= 15 is 0 Å². The number of hydrogen-bond acceptors (Lipinski definition) is 4. The van der Waals surface area contributed by atoms with Gasteiger partial charge in [-0.05, 0) is 24.3 Å².